The van der Waals surface area contributed by atoms with Gasteiger partial charge in [-0.25, -0.2) is 12.8 Å². The Morgan fingerprint density at radius 1 is 1.04 bits per heavy atom. The van der Waals surface area contributed by atoms with E-state index in [4.69, 9.17) is 5.73 Å². The lowest BCUT2D eigenvalue weighted by Crippen LogP contribution is -2.48. The van der Waals surface area contributed by atoms with Crippen LogP contribution < -0.4 is 10.6 Å². The van der Waals surface area contributed by atoms with Crippen LogP contribution in [-0.4, -0.2) is 38.9 Å². The van der Waals surface area contributed by atoms with Crippen LogP contribution in [-0.2, 0) is 10.0 Å². The summed E-state index contributed by atoms with van der Waals surface area (Å²) < 4.78 is 40.8. The van der Waals surface area contributed by atoms with Crippen LogP contribution in [0.2, 0.25) is 0 Å². The highest BCUT2D eigenvalue weighted by molar-refractivity contribution is 7.89. The van der Waals surface area contributed by atoms with Gasteiger partial charge in [-0.2, -0.15) is 4.31 Å². The van der Waals surface area contributed by atoms with Gasteiger partial charge in [0.15, 0.2) is 0 Å². The number of para-hydroxylation sites is 1. The molecular weight excluding hydrogens is 329 g/mol. The number of hydrogen-bond donors (Lipinski definition) is 1. The van der Waals surface area contributed by atoms with Crippen LogP contribution in [0.15, 0.2) is 47.4 Å². The third kappa shape index (κ3) is 3.09. The lowest BCUT2D eigenvalue weighted by Gasteiger charge is -2.35. The van der Waals surface area contributed by atoms with E-state index in [1.165, 1.54) is 16.4 Å². The van der Waals surface area contributed by atoms with Gasteiger partial charge >= 0.3 is 0 Å². The van der Waals surface area contributed by atoms with Crippen molar-refractivity contribution in [3.63, 3.8) is 0 Å². The maximum Gasteiger partial charge on any atom is 0.243 e. The van der Waals surface area contributed by atoms with Crippen LogP contribution in [0.25, 0.3) is 0 Å². The van der Waals surface area contributed by atoms with Crippen molar-refractivity contribution in [2.45, 2.75) is 11.8 Å². The lowest BCUT2D eigenvalue weighted by atomic mass is 10.2. The molecule has 1 saturated heterocycles. The quantitative estimate of drug-likeness (QED) is 0.863. The number of rotatable bonds is 3. The molecule has 2 aromatic rings. The van der Waals surface area contributed by atoms with Gasteiger partial charge in [-0.05, 0) is 42.8 Å². The summed E-state index contributed by atoms with van der Waals surface area (Å²) in [6.45, 7) is 3.33. The van der Waals surface area contributed by atoms with Crippen molar-refractivity contribution in [3.8, 4) is 0 Å². The Morgan fingerprint density at radius 3 is 2.33 bits per heavy atom. The highest BCUT2D eigenvalue weighted by atomic mass is 32.2. The number of sulfonamides is 1. The van der Waals surface area contributed by atoms with Gasteiger partial charge < -0.3 is 10.6 Å². The molecule has 0 unspecified atom stereocenters. The normalized spacial score (nSPS) is 16.3. The van der Waals surface area contributed by atoms with E-state index in [1.54, 1.807) is 37.3 Å². The average Bonchev–Trinajstić information content (AvgIpc) is 2.58. The largest absolute Gasteiger partial charge is 0.399 e. The predicted octanol–water partition coefficient (Wildman–Crippen LogP) is 2.23. The van der Waals surface area contributed by atoms with Crippen molar-refractivity contribution in [2.75, 3.05) is 36.8 Å². The van der Waals surface area contributed by atoms with Crippen LogP contribution in [0, 0.1) is 12.7 Å². The molecule has 5 nitrogen and oxygen atoms in total. The Kier molecular flexibility index (Phi) is 4.47. The number of nitrogen functional groups attached to an aromatic ring is 1. The van der Waals surface area contributed by atoms with Crippen molar-refractivity contribution in [1.82, 2.24) is 4.31 Å². The van der Waals surface area contributed by atoms with Gasteiger partial charge in [-0.1, -0.05) is 12.1 Å². The summed E-state index contributed by atoms with van der Waals surface area (Å²) in [5, 5.41) is 0. The number of nitrogens with two attached hydrogens (primary N) is 1. The second-order valence-corrected chi connectivity index (χ2v) is 7.80. The first-order valence-corrected chi connectivity index (χ1v) is 9.19. The van der Waals surface area contributed by atoms with E-state index in [9.17, 15) is 12.8 Å². The zero-order chi connectivity index (χ0) is 17.3. The molecule has 0 aliphatic carbocycles. The van der Waals surface area contributed by atoms with Gasteiger partial charge in [0.25, 0.3) is 0 Å². The Labute approximate surface area is 141 Å². The van der Waals surface area contributed by atoms with Crippen LogP contribution in [0.3, 0.4) is 0 Å². The molecule has 0 aromatic heterocycles. The summed E-state index contributed by atoms with van der Waals surface area (Å²) in [5.41, 5.74) is 7.57. The second kappa shape index (κ2) is 6.41. The minimum Gasteiger partial charge on any atom is -0.399 e. The predicted molar refractivity (Wildman–Crippen MR) is 93.0 cm³/mol. The molecule has 1 fully saturated rings. The van der Waals surface area contributed by atoms with Crippen molar-refractivity contribution in [1.29, 1.82) is 0 Å². The van der Waals surface area contributed by atoms with E-state index < -0.39 is 10.0 Å². The molecule has 128 valence electrons. The summed E-state index contributed by atoms with van der Waals surface area (Å²) in [7, 11) is -3.56. The Morgan fingerprint density at radius 2 is 1.71 bits per heavy atom. The minimum absolute atomic E-state index is 0.244. The van der Waals surface area contributed by atoms with Crippen LogP contribution in [0.1, 0.15) is 5.56 Å². The molecule has 0 saturated carbocycles. The van der Waals surface area contributed by atoms with E-state index in [0.29, 0.717) is 37.6 Å². The molecule has 0 amide bonds. The number of halogens is 1. The number of aryl methyl sites for hydroxylation is 1. The molecule has 0 bridgehead atoms. The molecule has 3 rings (SSSR count). The van der Waals surface area contributed by atoms with E-state index >= 15 is 0 Å². The Bertz CT molecular complexity index is 847. The van der Waals surface area contributed by atoms with Crippen LogP contribution in [0.4, 0.5) is 15.8 Å². The SMILES string of the molecule is Cc1cc(S(=O)(=O)N2CCN(c3ccccc3F)CC2)ccc1N. The monoisotopic (exact) mass is 349 g/mol. The van der Waals surface area contributed by atoms with Crippen molar-refractivity contribution in [2.24, 2.45) is 0 Å². The molecule has 2 N–H and O–H groups in total. The molecule has 24 heavy (non-hydrogen) atoms. The van der Waals surface area contributed by atoms with E-state index in [2.05, 4.69) is 0 Å². The van der Waals surface area contributed by atoms with Crippen molar-refractivity contribution in [3.05, 3.63) is 53.8 Å². The van der Waals surface area contributed by atoms with Gasteiger partial charge in [0, 0.05) is 31.9 Å². The standard InChI is InChI=1S/C17H20FN3O2S/c1-13-12-14(6-7-16(13)19)24(22,23)21-10-8-20(9-11-21)17-5-3-2-4-15(17)18/h2-7,12H,8-11,19H2,1H3. The van der Waals surface area contributed by atoms with Crippen molar-refractivity contribution >= 4 is 21.4 Å². The van der Waals surface area contributed by atoms with Gasteiger partial charge in [0.2, 0.25) is 10.0 Å². The van der Waals surface area contributed by atoms with Gasteiger partial charge in [0.05, 0.1) is 10.6 Å². The van der Waals surface area contributed by atoms with E-state index in [1.807, 2.05) is 4.90 Å². The molecular formula is C17H20FN3O2S. The topological polar surface area (TPSA) is 66.6 Å². The molecule has 1 heterocycles. The van der Waals surface area contributed by atoms with Gasteiger partial charge in [0.1, 0.15) is 5.82 Å². The smallest absolute Gasteiger partial charge is 0.243 e. The molecule has 7 heteroatoms. The molecule has 0 atom stereocenters. The minimum atomic E-state index is -3.56. The first-order valence-electron chi connectivity index (χ1n) is 7.75. The molecule has 0 spiro atoms. The Hall–Kier alpha value is -2.12. The highest BCUT2D eigenvalue weighted by Gasteiger charge is 2.29. The number of anilines is 2. The van der Waals surface area contributed by atoms with E-state index in [-0.39, 0.29) is 10.7 Å². The third-order valence-corrected chi connectivity index (χ3v) is 6.21. The maximum absolute atomic E-state index is 13.9. The summed E-state index contributed by atoms with van der Waals surface area (Å²) in [6, 6.07) is 11.3. The van der Waals surface area contributed by atoms with Gasteiger partial charge in [-0.15, -0.1) is 0 Å². The molecule has 1 aliphatic rings. The van der Waals surface area contributed by atoms with Crippen LogP contribution >= 0.6 is 0 Å². The third-order valence-electron chi connectivity index (χ3n) is 4.31. The molecule has 1 aliphatic heterocycles. The fourth-order valence-corrected chi connectivity index (χ4v) is 4.34. The Balaban J connectivity index is 1.76. The molecule has 2 aromatic carbocycles. The van der Waals surface area contributed by atoms with Crippen molar-refractivity contribution < 1.29 is 12.8 Å². The summed E-state index contributed by atoms with van der Waals surface area (Å²) in [5.74, 6) is -0.289. The van der Waals surface area contributed by atoms with Gasteiger partial charge in [-0.3, -0.25) is 0 Å². The summed E-state index contributed by atoms with van der Waals surface area (Å²) in [6.07, 6.45) is 0. The number of benzene rings is 2. The first-order chi connectivity index (χ1) is 11.4. The summed E-state index contributed by atoms with van der Waals surface area (Å²) in [4.78, 5) is 2.11. The maximum atomic E-state index is 13.9. The fourth-order valence-electron chi connectivity index (χ4n) is 2.84. The lowest BCUT2D eigenvalue weighted by molar-refractivity contribution is 0.383. The second-order valence-electron chi connectivity index (χ2n) is 5.86. The summed E-state index contributed by atoms with van der Waals surface area (Å²) >= 11 is 0. The van der Waals surface area contributed by atoms with E-state index in [0.717, 1.165) is 5.56 Å². The zero-order valence-corrected chi connectivity index (χ0v) is 14.3. The molecule has 0 radical (unpaired) electrons. The number of piperazine rings is 1. The fraction of sp³-hybridized carbons (Fsp3) is 0.294. The number of nitrogens with zero attached hydrogens (tertiary/aromatic N) is 2. The average molecular weight is 349 g/mol. The highest BCUT2D eigenvalue weighted by Crippen LogP contribution is 2.24. The zero-order valence-electron chi connectivity index (χ0n) is 13.4. The number of hydrogen-bond acceptors (Lipinski definition) is 4. The first kappa shape index (κ1) is 16.7. The van der Waals surface area contributed by atoms with Crippen LogP contribution in [0.5, 0.6) is 0 Å².